The molecule has 0 bridgehead atoms. The Morgan fingerprint density at radius 2 is 1.76 bits per heavy atom. The Morgan fingerprint density at radius 1 is 1.00 bits per heavy atom. The number of pyridine rings is 1. The standard InChI is InChI=1S/C28H33N7O2/c1-33-13-15-34(16-14-33)21-9-11-35(12-10-21)28(36)19-3-5-20(6-4-19)30-27-26-24(18-29-32-26)23-17-22(37-2)7-8-25(23)31-27/h3-8,17-18,21H,9-16H2,1-2H3,(H,29,32)(H,30,31). The van der Waals surface area contributed by atoms with Gasteiger partial charge in [-0.25, -0.2) is 4.98 Å². The molecule has 2 aromatic heterocycles. The number of anilines is 2. The molecule has 1 amide bonds. The van der Waals surface area contributed by atoms with Crippen LogP contribution in [-0.4, -0.2) is 95.3 Å². The van der Waals surface area contributed by atoms with E-state index in [1.165, 1.54) is 0 Å². The summed E-state index contributed by atoms with van der Waals surface area (Å²) in [5.41, 5.74) is 3.25. The number of nitrogens with one attached hydrogen (secondary N) is 2. The topological polar surface area (TPSA) is 89.6 Å². The summed E-state index contributed by atoms with van der Waals surface area (Å²) in [4.78, 5) is 25.0. The Balaban J connectivity index is 1.13. The number of likely N-dealkylation sites (tertiary alicyclic amines) is 1. The van der Waals surface area contributed by atoms with E-state index in [9.17, 15) is 4.79 Å². The number of carbonyl (C=O) groups is 1. The number of benzene rings is 2. The number of aromatic nitrogens is 3. The quantitative estimate of drug-likeness (QED) is 0.433. The summed E-state index contributed by atoms with van der Waals surface area (Å²) in [7, 11) is 3.84. The van der Waals surface area contributed by atoms with Crippen LogP contribution in [0.1, 0.15) is 23.2 Å². The highest BCUT2D eigenvalue weighted by Crippen LogP contribution is 2.31. The molecule has 2 aliphatic rings. The third kappa shape index (κ3) is 4.72. The molecule has 0 aliphatic carbocycles. The summed E-state index contributed by atoms with van der Waals surface area (Å²) in [5.74, 6) is 1.58. The van der Waals surface area contributed by atoms with Crippen molar-refractivity contribution >= 4 is 39.2 Å². The molecule has 0 saturated carbocycles. The van der Waals surface area contributed by atoms with Crippen molar-refractivity contribution in [2.45, 2.75) is 18.9 Å². The van der Waals surface area contributed by atoms with Gasteiger partial charge in [0.2, 0.25) is 0 Å². The zero-order valence-corrected chi connectivity index (χ0v) is 21.4. The summed E-state index contributed by atoms with van der Waals surface area (Å²) in [6.07, 6.45) is 3.90. The molecule has 2 fully saturated rings. The lowest BCUT2D eigenvalue weighted by Gasteiger charge is -2.42. The number of carbonyl (C=O) groups excluding carboxylic acids is 1. The highest BCUT2D eigenvalue weighted by Gasteiger charge is 2.28. The Bertz CT molecular complexity index is 1400. The molecule has 0 unspecified atom stereocenters. The first-order chi connectivity index (χ1) is 18.1. The zero-order chi connectivity index (χ0) is 25.4. The van der Waals surface area contributed by atoms with E-state index in [1.54, 1.807) is 13.3 Å². The van der Waals surface area contributed by atoms with Gasteiger partial charge in [-0.2, -0.15) is 5.10 Å². The average molecular weight is 500 g/mol. The third-order valence-corrected chi connectivity index (χ3v) is 7.80. The largest absolute Gasteiger partial charge is 0.497 e. The van der Waals surface area contributed by atoms with Crippen molar-refractivity contribution in [3.63, 3.8) is 0 Å². The highest BCUT2D eigenvalue weighted by molar-refractivity contribution is 6.09. The van der Waals surface area contributed by atoms with Crippen LogP contribution in [0.25, 0.3) is 21.8 Å². The molecule has 192 valence electrons. The van der Waals surface area contributed by atoms with Gasteiger partial charge in [0.05, 0.1) is 18.8 Å². The van der Waals surface area contributed by atoms with Crippen molar-refractivity contribution in [1.82, 2.24) is 29.9 Å². The van der Waals surface area contributed by atoms with Gasteiger partial charge in [-0.05, 0) is 62.4 Å². The molecule has 6 rings (SSSR count). The van der Waals surface area contributed by atoms with Crippen molar-refractivity contribution in [3.05, 3.63) is 54.2 Å². The predicted molar refractivity (Wildman–Crippen MR) is 146 cm³/mol. The summed E-state index contributed by atoms with van der Waals surface area (Å²) >= 11 is 0. The van der Waals surface area contributed by atoms with Gasteiger partial charge < -0.3 is 19.9 Å². The number of fused-ring (bicyclic) bond motifs is 3. The van der Waals surface area contributed by atoms with Crippen LogP contribution >= 0.6 is 0 Å². The van der Waals surface area contributed by atoms with E-state index in [2.05, 4.69) is 32.4 Å². The molecule has 2 N–H and O–H groups in total. The summed E-state index contributed by atoms with van der Waals surface area (Å²) in [5, 5.41) is 12.6. The van der Waals surface area contributed by atoms with Crippen LogP contribution in [0.4, 0.5) is 11.5 Å². The summed E-state index contributed by atoms with van der Waals surface area (Å²) in [6, 6.07) is 14.1. The van der Waals surface area contributed by atoms with E-state index in [-0.39, 0.29) is 5.91 Å². The maximum atomic E-state index is 13.2. The molecule has 9 heteroatoms. The number of hydrogen-bond acceptors (Lipinski definition) is 7. The SMILES string of the molecule is COc1ccc2nc(Nc3ccc(C(=O)N4CCC(N5CCN(C)CC5)CC4)cc3)c3[nH]ncc3c2c1. The Hall–Kier alpha value is -3.69. The first-order valence-corrected chi connectivity index (χ1v) is 13.0. The van der Waals surface area contributed by atoms with Gasteiger partial charge in [-0.1, -0.05) is 0 Å². The van der Waals surface area contributed by atoms with E-state index in [0.717, 1.165) is 85.4 Å². The van der Waals surface area contributed by atoms with Gasteiger partial charge in [0.1, 0.15) is 11.3 Å². The average Bonchev–Trinajstić information content (AvgIpc) is 3.44. The van der Waals surface area contributed by atoms with Crippen molar-refractivity contribution in [2.24, 2.45) is 0 Å². The van der Waals surface area contributed by atoms with Crippen LogP contribution < -0.4 is 10.1 Å². The molecule has 0 radical (unpaired) electrons. The van der Waals surface area contributed by atoms with Crippen LogP contribution in [0.2, 0.25) is 0 Å². The number of nitrogens with zero attached hydrogens (tertiary/aromatic N) is 5. The molecule has 2 aliphatic heterocycles. The Labute approximate surface area is 216 Å². The number of rotatable bonds is 5. The predicted octanol–water partition coefficient (Wildman–Crippen LogP) is 3.72. The molecule has 4 heterocycles. The monoisotopic (exact) mass is 499 g/mol. The van der Waals surface area contributed by atoms with Gasteiger partial charge in [-0.15, -0.1) is 0 Å². The summed E-state index contributed by atoms with van der Waals surface area (Å²) < 4.78 is 5.38. The van der Waals surface area contributed by atoms with E-state index >= 15 is 0 Å². The number of H-pyrrole nitrogens is 1. The van der Waals surface area contributed by atoms with E-state index < -0.39 is 0 Å². The lowest BCUT2D eigenvalue weighted by atomic mass is 10.0. The lowest BCUT2D eigenvalue weighted by molar-refractivity contribution is 0.0519. The van der Waals surface area contributed by atoms with Crippen LogP contribution in [0.5, 0.6) is 5.75 Å². The number of amides is 1. The summed E-state index contributed by atoms with van der Waals surface area (Å²) in [6.45, 7) is 6.17. The van der Waals surface area contributed by atoms with Gasteiger partial charge in [0, 0.05) is 67.3 Å². The number of piperazine rings is 1. The molecule has 0 spiro atoms. The fourth-order valence-electron chi connectivity index (χ4n) is 5.53. The number of aromatic amines is 1. The lowest BCUT2D eigenvalue weighted by Crippen LogP contribution is -2.52. The molecular weight excluding hydrogens is 466 g/mol. The minimum Gasteiger partial charge on any atom is -0.497 e. The minimum absolute atomic E-state index is 0.108. The molecule has 2 aromatic carbocycles. The van der Waals surface area contributed by atoms with Crippen LogP contribution in [0.3, 0.4) is 0 Å². The first kappa shape index (κ1) is 23.7. The smallest absolute Gasteiger partial charge is 0.253 e. The number of likely N-dealkylation sites (N-methyl/N-ethyl adjacent to an activating group) is 1. The minimum atomic E-state index is 0.108. The first-order valence-electron chi connectivity index (χ1n) is 13.0. The molecular formula is C28H33N7O2. The maximum Gasteiger partial charge on any atom is 0.253 e. The highest BCUT2D eigenvalue weighted by atomic mass is 16.5. The number of piperidine rings is 1. The number of hydrogen-bond donors (Lipinski definition) is 2. The van der Waals surface area contributed by atoms with Gasteiger partial charge in [0.15, 0.2) is 5.82 Å². The van der Waals surface area contributed by atoms with Crippen molar-refractivity contribution in [3.8, 4) is 5.75 Å². The molecule has 37 heavy (non-hydrogen) atoms. The second kappa shape index (κ2) is 9.99. The van der Waals surface area contributed by atoms with Gasteiger partial charge in [0.25, 0.3) is 5.91 Å². The number of ether oxygens (including phenoxy) is 1. The third-order valence-electron chi connectivity index (χ3n) is 7.80. The second-order valence-electron chi connectivity index (χ2n) is 10.1. The molecule has 9 nitrogen and oxygen atoms in total. The van der Waals surface area contributed by atoms with Crippen molar-refractivity contribution in [1.29, 1.82) is 0 Å². The normalized spacial score (nSPS) is 17.9. The zero-order valence-electron chi connectivity index (χ0n) is 21.4. The van der Waals surface area contributed by atoms with E-state index in [1.807, 2.05) is 47.4 Å². The molecule has 4 aromatic rings. The van der Waals surface area contributed by atoms with Crippen LogP contribution in [-0.2, 0) is 0 Å². The Morgan fingerprint density at radius 3 is 2.49 bits per heavy atom. The van der Waals surface area contributed by atoms with Gasteiger partial charge in [-0.3, -0.25) is 14.8 Å². The second-order valence-corrected chi connectivity index (χ2v) is 10.1. The number of methoxy groups -OCH3 is 1. The fourth-order valence-corrected chi connectivity index (χ4v) is 5.53. The molecule has 2 saturated heterocycles. The van der Waals surface area contributed by atoms with E-state index in [0.29, 0.717) is 17.4 Å². The Kier molecular flexibility index (Phi) is 6.40. The van der Waals surface area contributed by atoms with Gasteiger partial charge >= 0.3 is 0 Å². The molecule has 0 atom stereocenters. The maximum absolute atomic E-state index is 13.2. The van der Waals surface area contributed by atoms with Crippen LogP contribution in [0, 0.1) is 0 Å². The fraction of sp³-hybridized carbons (Fsp3) is 0.393. The van der Waals surface area contributed by atoms with E-state index in [4.69, 9.17) is 9.72 Å². The van der Waals surface area contributed by atoms with Crippen LogP contribution in [0.15, 0.2) is 48.7 Å². The van der Waals surface area contributed by atoms with Crippen molar-refractivity contribution in [2.75, 3.05) is 58.7 Å². The van der Waals surface area contributed by atoms with Crippen molar-refractivity contribution < 1.29 is 9.53 Å².